The van der Waals surface area contributed by atoms with Gasteiger partial charge < -0.3 is 10.9 Å². The molecule has 1 aromatic heterocycles. The van der Waals surface area contributed by atoms with Crippen molar-refractivity contribution in [2.24, 2.45) is 10.9 Å². The van der Waals surface area contributed by atoms with Gasteiger partial charge >= 0.3 is 0 Å². The lowest BCUT2D eigenvalue weighted by molar-refractivity contribution is 0.318. The topological polar surface area (TPSA) is 105 Å². The molecule has 0 atom stereocenters. The number of sulfonamides is 1. The Morgan fingerprint density at radius 3 is 2.40 bits per heavy atom. The highest BCUT2D eigenvalue weighted by Crippen LogP contribution is 2.23. The Morgan fingerprint density at radius 2 is 1.90 bits per heavy atom. The molecule has 0 unspecified atom stereocenters. The zero-order valence-corrected chi connectivity index (χ0v) is 12.2. The van der Waals surface area contributed by atoms with Crippen LogP contribution in [-0.2, 0) is 10.0 Å². The molecule has 0 fully saturated rings. The smallest absolute Gasteiger partial charge is 0.271 e. The fourth-order valence-corrected chi connectivity index (χ4v) is 3.87. The van der Waals surface area contributed by atoms with Crippen LogP contribution in [0.15, 0.2) is 45.8 Å². The monoisotopic (exact) mass is 311 g/mol. The Morgan fingerprint density at radius 1 is 1.25 bits per heavy atom. The van der Waals surface area contributed by atoms with Gasteiger partial charge in [-0.05, 0) is 43.3 Å². The molecule has 20 heavy (non-hydrogen) atoms. The van der Waals surface area contributed by atoms with Crippen LogP contribution < -0.4 is 10.5 Å². The molecule has 8 heteroatoms. The van der Waals surface area contributed by atoms with Crippen molar-refractivity contribution in [2.75, 3.05) is 4.72 Å². The molecule has 0 radical (unpaired) electrons. The summed E-state index contributed by atoms with van der Waals surface area (Å²) in [5.41, 5.74) is 6.34. The Labute approximate surface area is 120 Å². The SMILES string of the molecule is Cc1ccc(S(=O)(=O)Nc2ccc(/C(N)=N/O)cc2)s1. The van der Waals surface area contributed by atoms with E-state index in [1.807, 2.05) is 6.92 Å². The molecule has 1 aromatic carbocycles. The molecule has 0 saturated heterocycles. The van der Waals surface area contributed by atoms with Gasteiger partial charge in [-0.1, -0.05) is 5.16 Å². The quantitative estimate of drug-likeness (QED) is 0.347. The number of oxime groups is 1. The first kappa shape index (κ1) is 14.4. The second-order valence-electron chi connectivity index (χ2n) is 4.03. The van der Waals surface area contributed by atoms with Crippen LogP contribution in [0.1, 0.15) is 10.4 Å². The maximum absolute atomic E-state index is 12.1. The summed E-state index contributed by atoms with van der Waals surface area (Å²) in [7, 11) is -3.57. The molecule has 0 aliphatic heterocycles. The van der Waals surface area contributed by atoms with Crippen molar-refractivity contribution in [3.63, 3.8) is 0 Å². The lowest BCUT2D eigenvalue weighted by Crippen LogP contribution is -2.14. The Hall–Kier alpha value is -2.06. The molecule has 0 aliphatic rings. The lowest BCUT2D eigenvalue weighted by atomic mass is 10.2. The molecule has 2 aromatic rings. The van der Waals surface area contributed by atoms with E-state index < -0.39 is 10.0 Å². The number of nitrogens with zero attached hydrogens (tertiary/aromatic N) is 1. The minimum absolute atomic E-state index is 0.0340. The molecular weight excluding hydrogens is 298 g/mol. The molecule has 0 saturated carbocycles. The molecule has 6 nitrogen and oxygen atoms in total. The Bertz CT molecular complexity index is 734. The number of thiophene rings is 1. The van der Waals surface area contributed by atoms with Crippen LogP contribution >= 0.6 is 11.3 Å². The summed E-state index contributed by atoms with van der Waals surface area (Å²) in [6.07, 6.45) is 0. The standard InChI is InChI=1S/C12H13N3O3S2/c1-8-2-7-11(19-8)20(17,18)15-10-5-3-9(4-6-10)12(13)14-16/h2-7,15-16H,1H3,(H2,13,14). The summed E-state index contributed by atoms with van der Waals surface area (Å²) < 4.78 is 26.9. The number of benzene rings is 1. The summed E-state index contributed by atoms with van der Waals surface area (Å²) in [6, 6.07) is 9.53. The summed E-state index contributed by atoms with van der Waals surface area (Å²) in [5.74, 6) is -0.0340. The van der Waals surface area contributed by atoms with E-state index in [-0.39, 0.29) is 10.0 Å². The van der Waals surface area contributed by atoms with Gasteiger partial charge in [0.15, 0.2) is 5.84 Å². The van der Waals surface area contributed by atoms with Gasteiger partial charge in [-0.3, -0.25) is 4.72 Å². The number of nitrogens with two attached hydrogens (primary N) is 1. The molecule has 2 rings (SSSR count). The molecule has 106 valence electrons. The maximum Gasteiger partial charge on any atom is 0.271 e. The van der Waals surface area contributed by atoms with Crippen molar-refractivity contribution in [3.05, 3.63) is 46.8 Å². The average Bonchev–Trinajstić information content (AvgIpc) is 2.86. The predicted octanol–water partition coefficient (Wildman–Crippen LogP) is 1.95. The van der Waals surface area contributed by atoms with Crippen LogP contribution in [0.3, 0.4) is 0 Å². The summed E-state index contributed by atoms with van der Waals surface area (Å²) in [4.78, 5) is 0.924. The Balaban J connectivity index is 2.22. The summed E-state index contributed by atoms with van der Waals surface area (Å²) >= 11 is 1.20. The van der Waals surface area contributed by atoms with Crippen LogP contribution in [0.25, 0.3) is 0 Å². The highest BCUT2D eigenvalue weighted by molar-refractivity contribution is 7.94. The summed E-state index contributed by atoms with van der Waals surface area (Å²) in [6.45, 7) is 1.84. The van der Waals surface area contributed by atoms with Crippen LogP contribution in [-0.4, -0.2) is 19.5 Å². The normalized spacial score (nSPS) is 12.3. The highest BCUT2D eigenvalue weighted by Gasteiger charge is 2.16. The van der Waals surface area contributed by atoms with Crippen molar-refractivity contribution in [2.45, 2.75) is 11.1 Å². The van der Waals surface area contributed by atoms with Gasteiger partial charge in [0.05, 0.1) is 0 Å². The lowest BCUT2D eigenvalue weighted by Gasteiger charge is -2.07. The largest absolute Gasteiger partial charge is 0.409 e. The van der Waals surface area contributed by atoms with Gasteiger partial charge in [-0.2, -0.15) is 0 Å². The van der Waals surface area contributed by atoms with E-state index in [1.54, 1.807) is 36.4 Å². The third-order valence-corrected chi connectivity index (χ3v) is 5.39. The average molecular weight is 311 g/mol. The van der Waals surface area contributed by atoms with E-state index >= 15 is 0 Å². The molecule has 0 amide bonds. The minimum Gasteiger partial charge on any atom is -0.409 e. The van der Waals surface area contributed by atoms with E-state index in [9.17, 15) is 8.42 Å². The molecular formula is C12H13N3O3S2. The fraction of sp³-hybridized carbons (Fsp3) is 0.0833. The van der Waals surface area contributed by atoms with E-state index in [2.05, 4.69) is 9.88 Å². The number of nitrogens with one attached hydrogen (secondary N) is 1. The maximum atomic E-state index is 12.1. The van der Waals surface area contributed by atoms with Crippen molar-refractivity contribution in [3.8, 4) is 0 Å². The van der Waals surface area contributed by atoms with Crippen molar-refractivity contribution < 1.29 is 13.6 Å². The first-order valence-corrected chi connectivity index (χ1v) is 7.89. The summed E-state index contributed by atoms with van der Waals surface area (Å²) in [5, 5.41) is 11.4. The zero-order valence-electron chi connectivity index (χ0n) is 10.6. The first-order chi connectivity index (χ1) is 9.42. The number of rotatable bonds is 4. The van der Waals surface area contributed by atoms with Gasteiger partial charge in [-0.15, -0.1) is 11.3 Å². The molecule has 0 bridgehead atoms. The van der Waals surface area contributed by atoms with Gasteiger partial charge in [-0.25, -0.2) is 8.42 Å². The number of amidine groups is 1. The van der Waals surface area contributed by atoms with Gasteiger partial charge in [0.1, 0.15) is 4.21 Å². The third-order valence-electron chi connectivity index (χ3n) is 2.52. The van der Waals surface area contributed by atoms with E-state index in [4.69, 9.17) is 10.9 Å². The van der Waals surface area contributed by atoms with Crippen LogP contribution in [0.2, 0.25) is 0 Å². The predicted molar refractivity (Wildman–Crippen MR) is 78.8 cm³/mol. The molecule has 0 aliphatic carbocycles. The van der Waals surface area contributed by atoms with E-state index in [0.717, 1.165) is 4.88 Å². The number of aryl methyl sites for hydroxylation is 1. The molecule has 0 spiro atoms. The van der Waals surface area contributed by atoms with Crippen LogP contribution in [0.4, 0.5) is 5.69 Å². The van der Waals surface area contributed by atoms with Gasteiger partial charge in [0.25, 0.3) is 10.0 Å². The second-order valence-corrected chi connectivity index (χ2v) is 7.23. The second kappa shape index (κ2) is 5.51. The van der Waals surface area contributed by atoms with E-state index in [1.165, 1.54) is 11.3 Å². The van der Waals surface area contributed by atoms with E-state index in [0.29, 0.717) is 11.3 Å². The number of hydrogen-bond acceptors (Lipinski definition) is 5. The van der Waals surface area contributed by atoms with Gasteiger partial charge in [0.2, 0.25) is 0 Å². The number of anilines is 1. The molecule has 4 N–H and O–H groups in total. The fourth-order valence-electron chi connectivity index (χ4n) is 1.53. The van der Waals surface area contributed by atoms with Crippen molar-refractivity contribution in [1.29, 1.82) is 0 Å². The van der Waals surface area contributed by atoms with Gasteiger partial charge in [0, 0.05) is 16.1 Å². The van der Waals surface area contributed by atoms with Crippen molar-refractivity contribution >= 4 is 32.9 Å². The Kier molecular flexibility index (Phi) is 3.96. The number of hydrogen-bond donors (Lipinski definition) is 3. The third kappa shape index (κ3) is 3.09. The molecule has 1 heterocycles. The highest BCUT2D eigenvalue weighted by atomic mass is 32.2. The first-order valence-electron chi connectivity index (χ1n) is 5.59. The van der Waals surface area contributed by atoms with Crippen LogP contribution in [0, 0.1) is 6.92 Å². The van der Waals surface area contributed by atoms with Crippen LogP contribution in [0.5, 0.6) is 0 Å². The van der Waals surface area contributed by atoms with Crippen molar-refractivity contribution in [1.82, 2.24) is 0 Å². The minimum atomic E-state index is -3.57. The zero-order chi connectivity index (χ0) is 14.8.